The summed E-state index contributed by atoms with van der Waals surface area (Å²) in [4.78, 5) is 14.4. The smallest absolute Gasteiger partial charge is 0.216 e. The fourth-order valence-corrected chi connectivity index (χ4v) is 8.02. The Morgan fingerprint density at radius 2 is 1.58 bits per heavy atom. The van der Waals surface area contributed by atoms with Crippen LogP contribution in [0.25, 0.3) is 55.7 Å². The van der Waals surface area contributed by atoms with Crippen molar-refractivity contribution in [1.29, 1.82) is 0 Å². The van der Waals surface area contributed by atoms with E-state index in [1.165, 1.54) is 10.8 Å². The maximum Gasteiger partial charge on any atom is 0.216 e. The van der Waals surface area contributed by atoms with Crippen LogP contribution in [-0.2, 0) is 31.9 Å². The number of para-hydroxylation sites is 2. The van der Waals surface area contributed by atoms with E-state index in [2.05, 4.69) is 132 Å². The van der Waals surface area contributed by atoms with Gasteiger partial charge >= 0.3 is 0 Å². The normalized spacial score (nSPS) is 12.1. The van der Waals surface area contributed by atoms with Crippen molar-refractivity contribution in [2.24, 2.45) is 5.92 Å². The van der Waals surface area contributed by atoms with E-state index in [1.54, 1.807) is 0 Å². The van der Waals surface area contributed by atoms with Gasteiger partial charge in [0.25, 0.3) is 0 Å². The molecule has 0 saturated carbocycles. The van der Waals surface area contributed by atoms with Crippen LogP contribution in [0.4, 0.5) is 0 Å². The van der Waals surface area contributed by atoms with E-state index in [9.17, 15) is 0 Å². The summed E-state index contributed by atoms with van der Waals surface area (Å²) in [6.45, 7) is 22.6. The van der Waals surface area contributed by atoms with E-state index in [-0.39, 0.29) is 31.6 Å². The summed E-state index contributed by atoms with van der Waals surface area (Å²) in [6, 6.07) is 33.7. The van der Waals surface area contributed by atoms with Crippen LogP contribution in [0.5, 0.6) is 0 Å². The third-order valence-corrected chi connectivity index (χ3v) is 10.9. The summed E-state index contributed by atoms with van der Waals surface area (Å²) in [5.41, 5.74) is 9.01. The number of benzene rings is 3. The zero-order chi connectivity index (χ0) is 35.1. The van der Waals surface area contributed by atoms with Crippen molar-refractivity contribution in [2.45, 2.75) is 86.0 Å². The Morgan fingerprint density at radius 1 is 0.840 bits per heavy atom. The van der Waals surface area contributed by atoms with Gasteiger partial charge in [0.2, 0.25) is 5.71 Å². The number of aromatic nitrogens is 4. The first-order valence-corrected chi connectivity index (χ1v) is 20.9. The molecule has 261 valence electrons. The van der Waals surface area contributed by atoms with Crippen LogP contribution in [0.15, 0.2) is 89.5 Å². The SMILES string of the molecule is CC(C)Cc1cc(-c2[c-]cccc2)ncc1[Si](C)(C)C.CC(C)n1c(-c2[c-]ccc3c2oc2nc(C(C)(C)C)ccc23)nc2ccccc21.[Ir]. The van der Waals surface area contributed by atoms with Gasteiger partial charge < -0.3 is 14.0 Å². The summed E-state index contributed by atoms with van der Waals surface area (Å²) in [5, 5.41) is 3.56. The number of imidazole rings is 1. The second kappa shape index (κ2) is 14.8. The van der Waals surface area contributed by atoms with Crippen molar-refractivity contribution in [1.82, 2.24) is 19.5 Å². The molecule has 0 bridgehead atoms. The van der Waals surface area contributed by atoms with E-state index in [0.29, 0.717) is 11.6 Å². The molecule has 0 aliphatic heterocycles. The molecule has 3 aromatic carbocycles. The van der Waals surface area contributed by atoms with Gasteiger partial charge in [-0.25, -0.2) is 4.98 Å². The topological polar surface area (TPSA) is 56.7 Å². The largest absolute Gasteiger partial charge is 0.486 e. The number of nitrogens with zero attached hydrogens (tertiary/aromatic N) is 4. The van der Waals surface area contributed by atoms with E-state index in [4.69, 9.17) is 14.4 Å². The minimum atomic E-state index is -1.34. The molecule has 1 radical (unpaired) electrons. The predicted molar refractivity (Wildman–Crippen MR) is 208 cm³/mol. The van der Waals surface area contributed by atoms with Crippen molar-refractivity contribution in [3.8, 4) is 22.6 Å². The molecule has 0 fully saturated rings. The van der Waals surface area contributed by atoms with Crippen molar-refractivity contribution < 1.29 is 24.5 Å². The Hall–Kier alpha value is -3.90. The van der Waals surface area contributed by atoms with Gasteiger partial charge in [0.1, 0.15) is 0 Å². The number of furan rings is 1. The number of rotatable bonds is 6. The minimum absolute atomic E-state index is 0. The number of fused-ring (bicyclic) bond motifs is 4. The zero-order valence-electron chi connectivity index (χ0n) is 31.0. The molecule has 7 aromatic rings. The van der Waals surface area contributed by atoms with Crippen LogP contribution in [0.1, 0.15) is 65.8 Å². The van der Waals surface area contributed by atoms with E-state index in [1.807, 2.05) is 42.5 Å². The molecule has 0 saturated heterocycles. The van der Waals surface area contributed by atoms with Crippen LogP contribution in [0, 0.1) is 18.1 Å². The molecule has 50 heavy (non-hydrogen) atoms. The van der Waals surface area contributed by atoms with Gasteiger partial charge in [-0.2, -0.15) is 0 Å². The fourth-order valence-electron chi connectivity index (χ4n) is 6.43. The van der Waals surface area contributed by atoms with Gasteiger partial charge in [-0.1, -0.05) is 89.0 Å². The fraction of sp³-hybridized carbons (Fsp3) is 0.326. The maximum atomic E-state index is 6.31. The molecule has 0 N–H and O–H groups in total. The number of pyridine rings is 2. The van der Waals surface area contributed by atoms with Gasteiger partial charge in [-0.15, -0.1) is 54.1 Å². The van der Waals surface area contributed by atoms with Gasteiger partial charge in [0.15, 0.2) is 0 Å². The molecule has 0 unspecified atom stereocenters. The number of hydrogen-bond acceptors (Lipinski definition) is 4. The Balaban J connectivity index is 0.000000204. The second-order valence-corrected chi connectivity index (χ2v) is 20.8. The van der Waals surface area contributed by atoms with Crippen molar-refractivity contribution in [3.05, 3.63) is 108 Å². The molecule has 4 heterocycles. The van der Waals surface area contributed by atoms with Gasteiger partial charge in [-0.05, 0) is 61.3 Å². The molecule has 0 amide bonds. The first-order valence-electron chi connectivity index (χ1n) is 17.4. The second-order valence-electron chi connectivity index (χ2n) is 15.7. The third kappa shape index (κ3) is 7.71. The quantitative estimate of drug-likeness (QED) is 0.123. The Morgan fingerprint density at radius 3 is 2.24 bits per heavy atom. The van der Waals surface area contributed by atoms with Crippen LogP contribution in [-0.4, -0.2) is 27.6 Å². The average Bonchev–Trinajstić information content (AvgIpc) is 3.63. The summed E-state index contributed by atoms with van der Waals surface area (Å²) >= 11 is 0. The standard InChI is InChI=1S/C25H24N3O.C18H24NSi.Ir/c1-15(2)28-20-12-7-6-11-19(20)26-23(28)18-10-8-9-16-17-13-14-21(25(3,4)5)27-24(17)29-22(16)18;1-14(2)11-16-12-17(15-9-7-6-8-10-15)19-13-18(16)20(3,4)5;/h6-9,11-15H,1-5H3;6-9,12-14H,11H2,1-5H3;/q2*-1;. The van der Waals surface area contributed by atoms with Gasteiger partial charge in [0.05, 0.1) is 30.5 Å². The van der Waals surface area contributed by atoms with E-state index in [0.717, 1.165) is 62.1 Å². The first-order chi connectivity index (χ1) is 23.2. The predicted octanol–water partition coefficient (Wildman–Crippen LogP) is 11.0. The maximum absolute atomic E-state index is 6.31. The summed E-state index contributed by atoms with van der Waals surface area (Å²) in [5.74, 6) is 1.54. The minimum Gasteiger partial charge on any atom is -0.486 e. The van der Waals surface area contributed by atoms with Gasteiger partial charge in [0, 0.05) is 48.8 Å². The molecular formula is C43H48IrN4OSi-2. The van der Waals surface area contributed by atoms with E-state index >= 15 is 0 Å². The van der Waals surface area contributed by atoms with Crippen LogP contribution >= 0.6 is 0 Å². The average molecular weight is 857 g/mol. The molecule has 7 heteroatoms. The zero-order valence-corrected chi connectivity index (χ0v) is 34.4. The molecule has 5 nitrogen and oxygen atoms in total. The molecule has 4 aromatic heterocycles. The molecule has 0 aliphatic rings. The van der Waals surface area contributed by atoms with Crippen LogP contribution in [0.2, 0.25) is 19.6 Å². The van der Waals surface area contributed by atoms with Crippen LogP contribution < -0.4 is 5.19 Å². The van der Waals surface area contributed by atoms with Crippen molar-refractivity contribution >= 4 is 46.4 Å². The molecule has 7 rings (SSSR count). The van der Waals surface area contributed by atoms with Crippen LogP contribution in [0.3, 0.4) is 0 Å². The summed E-state index contributed by atoms with van der Waals surface area (Å²) in [6.07, 6.45) is 3.24. The third-order valence-electron chi connectivity index (χ3n) is 8.81. The number of hydrogen-bond donors (Lipinski definition) is 0. The first kappa shape index (κ1) is 37.4. The Labute approximate surface area is 311 Å². The Bertz CT molecular complexity index is 2240. The molecular weight excluding hydrogens is 809 g/mol. The molecule has 0 aliphatic carbocycles. The van der Waals surface area contributed by atoms with E-state index < -0.39 is 8.07 Å². The monoisotopic (exact) mass is 857 g/mol. The van der Waals surface area contributed by atoms with Crippen molar-refractivity contribution in [3.63, 3.8) is 0 Å². The summed E-state index contributed by atoms with van der Waals surface area (Å²) in [7, 11) is -1.34. The molecule has 0 atom stereocenters. The molecule has 0 spiro atoms. The van der Waals surface area contributed by atoms with Crippen molar-refractivity contribution in [2.75, 3.05) is 0 Å². The summed E-state index contributed by atoms with van der Waals surface area (Å²) < 4.78 is 8.56. The van der Waals surface area contributed by atoms with Gasteiger partial charge in [-0.3, -0.25) is 4.98 Å². The Kier molecular flexibility index (Phi) is 11.0.